The third-order valence-electron chi connectivity index (χ3n) is 2.67. The van der Waals surface area contributed by atoms with Crippen LogP contribution in [0.2, 0.25) is 0 Å². The van der Waals surface area contributed by atoms with E-state index in [2.05, 4.69) is 9.99 Å². The first-order valence-electron chi connectivity index (χ1n) is 4.66. The Morgan fingerprint density at radius 2 is 2.00 bits per heavy atom. The number of hydrogen-bond acceptors (Lipinski definition) is 5. The second kappa shape index (κ2) is 3.46. The van der Waals surface area contributed by atoms with Crippen molar-refractivity contribution in [3.05, 3.63) is 5.21 Å². The van der Waals surface area contributed by atoms with Gasteiger partial charge < -0.3 is 15.3 Å². The maximum Gasteiger partial charge on any atom is 0.245 e. The molecule has 86 valence electrons. The predicted octanol–water partition coefficient (Wildman–Crippen LogP) is 0.789. The molecule has 15 heavy (non-hydrogen) atoms. The average molecular weight is 215 g/mol. The molecule has 6 nitrogen and oxygen atoms in total. The van der Waals surface area contributed by atoms with Gasteiger partial charge in [-0.15, -0.1) is 5.06 Å². The van der Waals surface area contributed by atoms with Crippen LogP contribution in [0.5, 0.6) is 0 Å². The molecular weight excluding hydrogens is 198 g/mol. The van der Waals surface area contributed by atoms with Gasteiger partial charge in [-0.2, -0.15) is 4.74 Å². The second-order valence-corrected chi connectivity index (χ2v) is 4.46. The zero-order chi connectivity index (χ0) is 11.9. The van der Waals surface area contributed by atoms with Crippen LogP contribution in [0.25, 0.3) is 0 Å². The molecule has 0 aromatic heterocycles. The Kier molecular flexibility index (Phi) is 2.75. The fraction of sp³-hybridized carbons (Fsp3) is 0.778. The minimum absolute atomic E-state index is 0.358. The molecule has 0 saturated carbocycles. The van der Waals surface area contributed by atoms with E-state index in [1.807, 2.05) is 0 Å². The van der Waals surface area contributed by atoms with E-state index < -0.39 is 11.2 Å². The van der Waals surface area contributed by atoms with Gasteiger partial charge in [-0.05, 0) is 13.8 Å². The summed E-state index contributed by atoms with van der Waals surface area (Å²) in [4.78, 5) is 4.53. The van der Waals surface area contributed by atoms with E-state index in [-0.39, 0.29) is 0 Å². The molecule has 0 aromatic rings. The van der Waals surface area contributed by atoms with Gasteiger partial charge >= 0.3 is 0 Å². The molecule has 0 bridgehead atoms. The van der Waals surface area contributed by atoms with Crippen molar-refractivity contribution in [1.82, 2.24) is 5.06 Å². The number of nitrogens with zero attached hydrogens (tertiary/aromatic N) is 3. The van der Waals surface area contributed by atoms with Gasteiger partial charge in [0.15, 0.2) is 0 Å². The fourth-order valence-electron chi connectivity index (χ4n) is 1.73. The van der Waals surface area contributed by atoms with Crippen LogP contribution in [-0.2, 0) is 4.84 Å². The number of hydroxylamine groups is 3. The summed E-state index contributed by atoms with van der Waals surface area (Å²) in [5.41, 5.74) is -1.43. The molecule has 6 heteroatoms. The summed E-state index contributed by atoms with van der Waals surface area (Å²) in [7, 11) is 1.40. The highest BCUT2D eigenvalue weighted by atomic mass is 16.6. The van der Waals surface area contributed by atoms with Gasteiger partial charge in [0.2, 0.25) is 11.4 Å². The summed E-state index contributed by atoms with van der Waals surface area (Å²) in [6.45, 7) is 6.75. The lowest BCUT2D eigenvalue weighted by atomic mass is 9.99. The smallest absolute Gasteiger partial charge is 0.245 e. The molecule has 1 N–H and O–H groups in total. The van der Waals surface area contributed by atoms with Crippen LogP contribution in [0, 0.1) is 5.21 Å². The Bertz CT molecular complexity index is 321. The maximum absolute atomic E-state index is 11.9. The molecular formula is C9H17N3O3. The number of oxime groups is 1. The highest BCUT2D eigenvalue weighted by molar-refractivity contribution is 6.32. The summed E-state index contributed by atoms with van der Waals surface area (Å²) in [5, 5.41) is 26.4. The van der Waals surface area contributed by atoms with Crippen LogP contribution in [0.1, 0.15) is 27.7 Å². The van der Waals surface area contributed by atoms with Crippen molar-refractivity contribution in [2.75, 3.05) is 7.11 Å². The Morgan fingerprint density at radius 1 is 1.47 bits per heavy atom. The van der Waals surface area contributed by atoms with Crippen molar-refractivity contribution < 1.29 is 14.8 Å². The van der Waals surface area contributed by atoms with Crippen LogP contribution in [0.15, 0.2) is 5.16 Å². The van der Waals surface area contributed by atoms with Gasteiger partial charge in [-0.25, -0.2) is 0 Å². The summed E-state index contributed by atoms with van der Waals surface area (Å²) in [6, 6.07) is 0. The van der Waals surface area contributed by atoms with Crippen LogP contribution < -0.4 is 0 Å². The fourth-order valence-corrected chi connectivity index (χ4v) is 1.73. The largest absolute Gasteiger partial charge is 0.622 e. The molecule has 0 spiro atoms. The molecule has 0 saturated heterocycles. The SMILES string of the molecule is CO/N=C/C1=[N+]([O-])C(C)(C)N(O)C1(C)C. The van der Waals surface area contributed by atoms with Crippen LogP contribution in [0.4, 0.5) is 0 Å². The van der Waals surface area contributed by atoms with E-state index in [0.29, 0.717) is 5.71 Å². The highest BCUT2D eigenvalue weighted by Gasteiger charge is 2.56. The standard InChI is InChI=1S/C9H17N3O3/c1-8(2)7(6-10-15-5)11(13)9(3,4)12(8)14/h6,14H,1-5H3/b10-6+. The van der Waals surface area contributed by atoms with E-state index in [9.17, 15) is 10.4 Å². The topological polar surface area (TPSA) is 71.1 Å². The second-order valence-electron chi connectivity index (χ2n) is 4.46. The first-order chi connectivity index (χ1) is 6.76. The van der Waals surface area contributed by atoms with Gasteiger partial charge in [0.25, 0.3) is 0 Å². The molecule has 0 aromatic carbocycles. The van der Waals surface area contributed by atoms with E-state index >= 15 is 0 Å². The van der Waals surface area contributed by atoms with Gasteiger partial charge in [0.05, 0.1) is 0 Å². The predicted molar refractivity (Wildman–Crippen MR) is 55.9 cm³/mol. The maximum atomic E-state index is 11.9. The molecule has 1 rings (SSSR count). The third kappa shape index (κ3) is 1.59. The number of rotatable bonds is 2. The molecule has 1 aliphatic rings. The highest BCUT2D eigenvalue weighted by Crippen LogP contribution is 2.31. The van der Waals surface area contributed by atoms with Crippen molar-refractivity contribution in [3.8, 4) is 0 Å². The molecule has 0 aliphatic carbocycles. The molecule has 0 atom stereocenters. The molecule has 0 unspecified atom stereocenters. The lowest BCUT2D eigenvalue weighted by Gasteiger charge is -2.29. The monoisotopic (exact) mass is 215 g/mol. The minimum Gasteiger partial charge on any atom is -0.622 e. The van der Waals surface area contributed by atoms with E-state index in [1.54, 1.807) is 27.7 Å². The molecule has 1 heterocycles. The lowest BCUT2D eigenvalue weighted by Crippen LogP contribution is -2.51. The molecule has 1 aliphatic heterocycles. The molecule has 0 amide bonds. The van der Waals surface area contributed by atoms with E-state index in [0.717, 1.165) is 9.80 Å². The lowest BCUT2D eigenvalue weighted by molar-refractivity contribution is -0.579. The zero-order valence-electron chi connectivity index (χ0n) is 9.68. The summed E-state index contributed by atoms with van der Waals surface area (Å²) < 4.78 is 0.732. The molecule has 0 radical (unpaired) electrons. The first kappa shape index (κ1) is 11.9. The van der Waals surface area contributed by atoms with Crippen molar-refractivity contribution in [2.24, 2.45) is 5.16 Å². The average Bonchev–Trinajstić information content (AvgIpc) is 2.25. The van der Waals surface area contributed by atoms with Gasteiger partial charge in [-0.3, -0.25) is 0 Å². The quantitative estimate of drug-likeness (QED) is 0.320. The van der Waals surface area contributed by atoms with E-state index in [1.165, 1.54) is 13.3 Å². The van der Waals surface area contributed by atoms with Crippen molar-refractivity contribution in [1.29, 1.82) is 0 Å². The summed E-state index contributed by atoms with van der Waals surface area (Å²) in [5.74, 6) is 0. The third-order valence-corrected chi connectivity index (χ3v) is 2.67. The van der Waals surface area contributed by atoms with Crippen molar-refractivity contribution in [2.45, 2.75) is 38.9 Å². The van der Waals surface area contributed by atoms with Gasteiger partial charge in [0, 0.05) is 13.8 Å². The van der Waals surface area contributed by atoms with Gasteiger partial charge in [0.1, 0.15) is 18.9 Å². The Balaban J connectivity index is 3.21. The van der Waals surface area contributed by atoms with Crippen molar-refractivity contribution in [3.63, 3.8) is 0 Å². The van der Waals surface area contributed by atoms with Crippen LogP contribution in [-0.4, -0.2) is 45.2 Å². The Morgan fingerprint density at radius 3 is 2.33 bits per heavy atom. The van der Waals surface area contributed by atoms with Crippen molar-refractivity contribution >= 4 is 11.9 Å². The first-order valence-corrected chi connectivity index (χ1v) is 4.66. The summed E-state index contributed by atoms with van der Waals surface area (Å²) >= 11 is 0. The zero-order valence-corrected chi connectivity index (χ0v) is 9.68. The normalized spacial score (nSPS) is 25.2. The Hall–Kier alpha value is -1.14. The number of hydrogen-bond donors (Lipinski definition) is 1. The van der Waals surface area contributed by atoms with Crippen LogP contribution in [0.3, 0.4) is 0 Å². The minimum atomic E-state index is -1.00. The van der Waals surface area contributed by atoms with E-state index in [4.69, 9.17) is 0 Å². The summed E-state index contributed by atoms with van der Waals surface area (Å²) in [6.07, 6.45) is 1.32. The van der Waals surface area contributed by atoms with Crippen LogP contribution >= 0.6 is 0 Å². The molecule has 0 fully saturated rings. The Labute approximate surface area is 89.0 Å². The van der Waals surface area contributed by atoms with Gasteiger partial charge in [-0.1, -0.05) is 5.16 Å².